The molecule has 4 fully saturated rings. The van der Waals surface area contributed by atoms with Crippen molar-refractivity contribution in [3.05, 3.63) is 11.6 Å². The van der Waals surface area contributed by atoms with Gasteiger partial charge in [-0.15, -0.1) is 0 Å². The van der Waals surface area contributed by atoms with Crippen molar-refractivity contribution in [1.29, 1.82) is 0 Å². The number of hydrogen-bond donors (Lipinski definition) is 2. The molecular formula is C30H48O3. The van der Waals surface area contributed by atoms with Crippen molar-refractivity contribution < 1.29 is 15.0 Å². The zero-order chi connectivity index (χ0) is 24.2. The Morgan fingerprint density at radius 3 is 2.21 bits per heavy atom. The van der Waals surface area contributed by atoms with Crippen LogP contribution in [0.5, 0.6) is 0 Å². The van der Waals surface area contributed by atoms with Gasteiger partial charge in [0.1, 0.15) is 0 Å². The molecule has 5 rings (SSSR count). The first-order valence-electron chi connectivity index (χ1n) is 13.8. The van der Waals surface area contributed by atoms with Crippen molar-refractivity contribution in [3.63, 3.8) is 0 Å². The van der Waals surface area contributed by atoms with E-state index in [2.05, 4.69) is 54.5 Å². The average molecular weight is 457 g/mol. The predicted octanol–water partition coefficient (Wildman–Crippen LogP) is 7.23. The van der Waals surface area contributed by atoms with Crippen molar-refractivity contribution in [2.24, 2.45) is 50.2 Å². The van der Waals surface area contributed by atoms with Gasteiger partial charge in [0.15, 0.2) is 0 Å². The van der Waals surface area contributed by atoms with E-state index in [1.54, 1.807) is 0 Å². The van der Waals surface area contributed by atoms with Crippen LogP contribution in [0.15, 0.2) is 11.6 Å². The van der Waals surface area contributed by atoms with Crippen LogP contribution in [0.25, 0.3) is 0 Å². The molecule has 0 aromatic carbocycles. The highest BCUT2D eigenvalue weighted by molar-refractivity contribution is 5.81. The third-order valence-electron chi connectivity index (χ3n) is 12.9. The minimum Gasteiger partial charge on any atom is -0.481 e. The monoisotopic (exact) mass is 456 g/mol. The lowest BCUT2D eigenvalue weighted by Gasteiger charge is -2.70. The molecule has 186 valence electrons. The van der Waals surface area contributed by atoms with Gasteiger partial charge in [-0.1, -0.05) is 60.1 Å². The van der Waals surface area contributed by atoms with E-state index in [4.69, 9.17) is 0 Å². The second kappa shape index (κ2) is 6.89. The Labute approximate surface area is 201 Å². The smallest absolute Gasteiger partial charge is 0.314 e. The Morgan fingerprint density at radius 1 is 0.879 bits per heavy atom. The molecule has 3 nitrogen and oxygen atoms in total. The van der Waals surface area contributed by atoms with Gasteiger partial charge in [-0.25, -0.2) is 0 Å². The van der Waals surface area contributed by atoms with Gasteiger partial charge in [0.05, 0.1) is 11.5 Å². The van der Waals surface area contributed by atoms with Crippen LogP contribution in [-0.4, -0.2) is 22.3 Å². The van der Waals surface area contributed by atoms with E-state index in [0.29, 0.717) is 17.8 Å². The molecular weight excluding hydrogens is 408 g/mol. The predicted molar refractivity (Wildman–Crippen MR) is 133 cm³/mol. The van der Waals surface area contributed by atoms with Gasteiger partial charge < -0.3 is 10.2 Å². The third-order valence-corrected chi connectivity index (χ3v) is 12.9. The number of carboxylic acids is 1. The number of rotatable bonds is 1. The van der Waals surface area contributed by atoms with Crippen molar-refractivity contribution in [2.45, 2.75) is 119 Å². The van der Waals surface area contributed by atoms with E-state index >= 15 is 0 Å². The number of aliphatic hydroxyl groups is 1. The molecule has 0 saturated heterocycles. The Hall–Kier alpha value is -0.830. The SMILES string of the molecule is CC1(C)CC[C@]2(C)CC[C@@]3(C(=O)O)C(=CC[C@@H]4[C@]5(C)CC[C@@H](O)C(C)(C)[C@H]5CC[C@@]43C)[C@H]2C1. The largest absolute Gasteiger partial charge is 0.481 e. The van der Waals surface area contributed by atoms with E-state index in [9.17, 15) is 15.0 Å². The van der Waals surface area contributed by atoms with Gasteiger partial charge in [-0.05, 0) is 109 Å². The molecule has 5 aliphatic rings. The Kier molecular flexibility index (Phi) is 4.99. The lowest BCUT2D eigenvalue weighted by atomic mass is 9.33. The zero-order valence-electron chi connectivity index (χ0n) is 22.3. The van der Waals surface area contributed by atoms with Crippen LogP contribution in [-0.2, 0) is 4.79 Å². The normalized spacial score (nSPS) is 52.4. The lowest BCUT2D eigenvalue weighted by Crippen LogP contribution is -2.66. The molecule has 4 saturated carbocycles. The minimum absolute atomic E-state index is 0.0901. The number of allylic oxidation sites excluding steroid dienone is 1. The highest BCUT2D eigenvalue weighted by Crippen LogP contribution is 2.75. The number of fused-ring (bicyclic) bond motifs is 7. The molecule has 8 atom stereocenters. The topological polar surface area (TPSA) is 57.5 Å². The minimum atomic E-state index is -0.721. The highest BCUT2D eigenvalue weighted by Gasteiger charge is 2.71. The van der Waals surface area contributed by atoms with Crippen LogP contribution in [0.4, 0.5) is 0 Å². The van der Waals surface area contributed by atoms with Gasteiger partial charge >= 0.3 is 5.97 Å². The van der Waals surface area contributed by atoms with Gasteiger partial charge in [0.2, 0.25) is 0 Å². The summed E-state index contributed by atoms with van der Waals surface area (Å²) >= 11 is 0. The molecule has 3 heteroatoms. The Bertz CT molecular complexity index is 885. The molecule has 0 amide bonds. The van der Waals surface area contributed by atoms with E-state index in [1.165, 1.54) is 18.4 Å². The second-order valence-corrected chi connectivity index (χ2v) is 15.1. The van der Waals surface area contributed by atoms with Crippen molar-refractivity contribution in [3.8, 4) is 0 Å². The maximum absolute atomic E-state index is 13.5. The molecule has 0 heterocycles. The number of aliphatic hydroxyl groups excluding tert-OH is 1. The third kappa shape index (κ3) is 2.87. The van der Waals surface area contributed by atoms with Crippen LogP contribution in [0.2, 0.25) is 0 Å². The van der Waals surface area contributed by atoms with Crippen LogP contribution >= 0.6 is 0 Å². The summed E-state index contributed by atoms with van der Waals surface area (Å²) in [6.45, 7) is 16.6. The molecule has 0 radical (unpaired) electrons. The summed E-state index contributed by atoms with van der Waals surface area (Å²) in [4.78, 5) is 13.5. The van der Waals surface area contributed by atoms with E-state index in [1.807, 2.05) is 0 Å². The van der Waals surface area contributed by atoms with E-state index < -0.39 is 11.4 Å². The summed E-state index contributed by atoms with van der Waals surface area (Å²) in [6, 6.07) is 0. The number of hydrogen-bond acceptors (Lipinski definition) is 2. The molecule has 5 aliphatic carbocycles. The number of carboxylic acid groups (broad SMARTS) is 1. The average Bonchev–Trinajstić information content (AvgIpc) is 2.71. The molecule has 2 N–H and O–H groups in total. The van der Waals surface area contributed by atoms with Crippen molar-refractivity contribution in [1.82, 2.24) is 0 Å². The first-order chi connectivity index (χ1) is 15.1. The summed E-state index contributed by atoms with van der Waals surface area (Å²) in [5, 5.41) is 22.0. The number of aliphatic carboxylic acids is 1. The maximum atomic E-state index is 13.5. The van der Waals surface area contributed by atoms with Crippen LogP contribution in [0.3, 0.4) is 0 Å². The summed E-state index contributed by atoms with van der Waals surface area (Å²) in [5.74, 6) is 0.675. The van der Waals surface area contributed by atoms with Gasteiger partial charge in [-0.3, -0.25) is 4.79 Å². The summed E-state index contributed by atoms with van der Waals surface area (Å²) in [7, 11) is 0. The van der Waals surface area contributed by atoms with E-state index in [-0.39, 0.29) is 33.2 Å². The van der Waals surface area contributed by atoms with Crippen molar-refractivity contribution >= 4 is 5.97 Å². The fourth-order valence-electron chi connectivity index (χ4n) is 10.6. The quantitative estimate of drug-likeness (QED) is 0.409. The molecule has 33 heavy (non-hydrogen) atoms. The summed E-state index contributed by atoms with van der Waals surface area (Å²) < 4.78 is 0. The van der Waals surface area contributed by atoms with Crippen LogP contribution < -0.4 is 0 Å². The first kappa shape index (κ1) is 23.9. The molecule has 0 aromatic heterocycles. The first-order valence-corrected chi connectivity index (χ1v) is 13.8. The molecule has 0 aromatic rings. The van der Waals surface area contributed by atoms with Crippen LogP contribution in [0, 0.1) is 50.2 Å². The van der Waals surface area contributed by atoms with Gasteiger partial charge in [0, 0.05) is 0 Å². The molecule has 0 bridgehead atoms. The molecule has 0 unspecified atom stereocenters. The zero-order valence-corrected chi connectivity index (χ0v) is 22.3. The standard InChI is InChI=1S/C30H48O3/c1-25(2)14-15-27(5)16-17-30(24(32)33)19(20(27)18-25)8-9-22-28(6)12-11-23(31)26(3,4)21(28)10-13-29(22,30)7/h8,20-23,31H,9-18H2,1-7H3,(H,32,33)/t20-,21-,22-,23-,27-,28-,29+,30+/m1/s1. The van der Waals surface area contributed by atoms with E-state index in [0.717, 1.165) is 51.4 Å². The summed E-state index contributed by atoms with van der Waals surface area (Å²) in [5.41, 5.74) is 0.906. The fourth-order valence-corrected chi connectivity index (χ4v) is 10.6. The van der Waals surface area contributed by atoms with Gasteiger partial charge in [-0.2, -0.15) is 0 Å². The molecule has 0 aliphatic heterocycles. The maximum Gasteiger partial charge on any atom is 0.314 e. The molecule has 0 spiro atoms. The highest BCUT2D eigenvalue weighted by atomic mass is 16.4. The summed E-state index contributed by atoms with van der Waals surface area (Å²) in [6.07, 6.45) is 12.6. The number of carbonyl (C=O) groups is 1. The van der Waals surface area contributed by atoms with Crippen LogP contribution in [0.1, 0.15) is 113 Å². The Balaban J connectivity index is 1.64. The van der Waals surface area contributed by atoms with Crippen molar-refractivity contribution in [2.75, 3.05) is 0 Å². The second-order valence-electron chi connectivity index (χ2n) is 15.1. The Morgan fingerprint density at radius 2 is 1.55 bits per heavy atom. The lowest BCUT2D eigenvalue weighted by molar-refractivity contribution is -0.213. The fraction of sp³-hybridized carbons (Fsp3) is 0.900. The van der Waals surface area contributed by atoms with Gasteiger partial charge in [0.25, 0.3) is 0 Å².